The molecular formula is C32H76P4Pd2. The first-order chi connectivity index (χ1) is 14.8. The van der Waals surface area contributed by atoms with Gasteiger partial charge in [0.15, 0.2) is 0 Å². The van der Waals surface area contributed by atoms with Crippen LogP contribution in [0.2, 0.25) is 0 Å². The molecule has 0 unspecified atom stereocenters. The number of rotatable bonds is 0. The van der Waals surface area contributed by atoms with Crippen molar-refractivity contribution in [2.75, 3.05) is 0 Å². The van der Waals surface area contributed by atoms with E-state index in [-0.39, 0.29) is 40.8 Å². The Labute approximate surface area is 280 Å². The van der Waals surface area contributed by atoms with Crippen molar-refractivity contribution in [3.05, 3.63) is 0 Å². The molecule has 0 N–H and O–H groups in total. The monoisotopic (exact) mass is 796 g/mol. The molecule has 0 atom stereocenters. The van der Waals surface area contributed by atoms with E-state index in [1.165, 1.54) is 17.2 Å². The quantitative estimate of drug-likeness (QED) is 0.169. The smallest absolute Gasteiger partial charge is 0.0675 e. The van der Waals surface area contributed by atoms with Crippen molar-refractivity contribution < 1.29 is 40.8 Å². The van der Waals surface area contributed by atoms with Gasteiger partial charge in [-0.15, -0.1) is 0 Å². The van der Waals surface area contributed by atoms with Crippen LogP contribution in [0.25, 0.3) is 0 Å². The van der Waals surface area contributed by atoms with Crippen LogP contribution < -0.4 is 0 Å². The van der Waals surface area contributed by atoms with Crippen LogP contribution in [-0.4, -0.2) is 41.2 Å². The first kappa shape index (κ1) is 53.6. The summed E-state index contributed by atoms with van der Waals surface area (Å²) in [6, 6.07) is 0. The van der Waals surface area contributed by atoms with E-state index in [1.54, 1.807) is 0 Å². The van der Waals surface area contributed by atoms with Crippen molar-refractivity contribution >= 4 is 34.3 Å². The molecule has 0 radical (unpaired) electrons. The molecule has 0 saturated carbocycles. The maximum atomic E-state index is 2.33. The van der Waals surface area contributed by atoms with Crippen LogP contribution in [0.3, 0.4) is 0 Å². The predicted octanol–water partition coefficient (Wildman–Crippen LogP) is 13.0. The van der Waals surface area contributed by atoms with E-state index in [4.69, 9.17) is 0 Å². The minimum atomic E-state index is 0. The molecule has 0 nitrogen and oxygen atoms in total. The Morgan fingerprint density at radius 1 is 0.263 bits per heavy atom. The third-order valence-electron chi connectivity index (χ3n) is 3.07. The van der Waals surface area contributed by atoms with Gasteiger partial charge in [-0.1, -0.05) is 83.1 Å². The summed E-state index contributed by atoms with van der Waals surface area (Å²) in [6.07, 6.45) is 0. The summed E-state index contributed by atoms with van der Waals surface area (Å²) in [5, 5.41) is 4.10. The molecule has 0 aromatic heterocycles. The Morgan fingerprint density at radius 3 is 0.368 bits per heavy atom. The summed E-state index contributed by atoms with van der Waals surface area (Å²) in [4.78, 5) is 0. The van der Waals surface area contributed by atoms with Crippen molar-refractivity contribution in [2.45, 2.75) is 207 Å². The largest absolute Gasteiger partial charge is 0.528 e. The van der Waals surface area contributed by atoms with Crippen molar-refractivity contribution in [1.29, 1.82) is 0 Å². The van der Waals surface area contributed by atoms with E-state index >= 15 is 0 Å². The molecule has 0 aromatic carbocycles. The number of hydrogen-bond acceptors (Lipinski definition) is 0. The van der Waals surface area contributed by atoms with Crippen molar-refractivity contribution in [1.82, 2.24) is 0 Å². The molecule has 0 spiro atoms. The van der Waals surface area contributed by atoms with E-state index in [0.717, 1.165) is 0 Å². The van der Waals surface area contributed by atoms with Gasteiger partial charge in [-0.25, -0.2) is 0 Å². The van der Waals surface area contributed by atoms with Crippen LogP contribution in [0.15, 0.2) is 0 Å². The minimum Gasteiger partial charge on any atom is -0.528 e. The minimum absolute atomic E-state index is 0. The van der Waals surface area contributed by atoms with Gasteiger partial charge in [0.1, 0.15) is 0 Å². The van der Waals surface area contributed by atoms with E-state index in [2.05, 4.69) is 166 Å². The second-order valence-corrected chi connectivity index (χ2v) is 32.0. The third-order valence-corrected chi connectivity index (χ3v) is 9.22. The Balaban J connectivity index is -0.0000000883. The molecule has 0 aliphatic rings. The van der Waals surface area contributed by atoms with Crippen LogP contribution in [-0.2, 0) is 40.8 Å². The van der Waals surface area contributed by atoms with Crippen molar-refractivity contribution in [2.24, 2.45) is 0 Å². The molecule has 0 fully saturated rings. The Bertz CT molecular complexity index is 394. The SMILES string of the molecule is CC(C)(C)[P-]C(C)(C)C.CC(C)(C)[P-]C(C)(C)C.CC(C)(C)[PH2+]C(C)(C)C.CC(C)(C)[PH2+]C(C)(C)C.[Pd].[Pd]. The normalized spacial score (nSPS) is 13.3. The average Bonchev–Trinajstić information content (AvgIpc) is 2.19. The van der Waals surface area contributed by atoms with Gasteiger partial charge in [0.2, 0.25) is 0 Å². The summed E-state index contributed by atoms with van der Waals surface area (Å²) in [6.45, 7) is 55.3. The van der Waals surface area contributed by atoms with Gasteiger partial charge in [-0.05, 0) is 100 Å². The van der Waals surface area contributed by atoms with Crippen LogP contribution >= 0.6 is 34.3 Å². The molecule has 0 aromatic rings. The Hall–Kier alpha value is 3.04. The molecule has 38 heavy (non-hydrogen) atoms. The molecule has 6 heteroatoms. The molecule has 0 aliphatic heterocycles. The molecule has 0 bridgehead atoms. The van der Waals surface area contributed by atoms with Gasteiger partial charge in [-0.3, -0.25) is 0 Å². The standard InChI is InChI=1S/2C8H19P.2C8H18P.2Pd/c4*1-7(2,3)9-8(4,5)6;;/h2*9H,1-6H3;2*1-6H3;;/q;;2*-1;;/p+2. The zero-order valence-corrected chi connectivity index (χ0v) is 37.9. The Kier molecular flexibility index (Phi) is 28.4. The molecule has 0 aliphatic carbocycles. The van der Waals surface area contributed by atoms with E-state index < -0.39 is 0 Å². The fourth-order valence-electron chi connectivity index (χ4n) is 4.61. The summed E-state index contributed by atoms with van der Waals surface area (Å²) < 4.78 is 0. The van der Waals surface area contributed by atoms with Gasteiger partial charge in [0.25, 0.3) is 0 Å². The second kappa shape index (κ2) is 20.1. The maximum absolute atomic E-state index is 2.33. The van der Waals surface area contributed by atoms with Gasteiger partial charge in [-0.2, -0.15) is 20.6 Å². The van der Waals surface area contributed by atoms with Crippen LogP contribution in [0.1, 0.15) is 166 Å². The predicted molar refractivity (Wildman–Crippen MR) is 191 cm³/mol. The summed E-state index contributed by atoms with van der Waals surface area (Å²) in [7, 11) is 4.20. The fraction of sp³-hybridized carbons (Fsp3) is 1.00. The molecule has 244 valence electrons. The molecule has 0 saturated heterocycles. The van der Waals surface area contributed by atoms with E-state index in [0.29, 0.717) is 58.4 Å². The number of hydrogen-bond donors (Lipinski definition) is 0. The first-order valence-electron chi connectivity index (χ1n) is 14.0. The topological polar surface area (TPSA) is 0 Å². The summed E-state index contributed by atoms with van der Waals surface area (Å²) in [5.74, 6) is 0. The molecule has 0 amide bonds. The zero-order valence-electron chi connectivity index (χ0n) is 30.7. The zero-order chi connectivity index (χ0) is 30.8. The molecule has 0 rings (SSSR count). The van der Waals surface area contributed by atoms with Crippen LogP contribution in [0.4, 0.5) is 0 Å². The van der Waals surface area contributed by atoms with Gasteiger partial charge < -0.3 is 17.2 Å². The fourth-order valence-corrected chi connectivity index (χ4v) is 13.8. The van der Waals surface area contributed by atoms with Crippen LogP contribution in [0.5, 0.6) is 0 Å². The molecular weight excluding hydrogens is 721 g/mol. The average molecular weight is 798 g/mol. The molecule has 0 heterocycles. The maximum Gasteiger partial charge on any atom is 0.0675 e. The van der Waals surface area contributed by atoms with Crippen LogP contribution in [0, 0.1) is 0 Å². The Morgan fingerprint density at radius 2 is 0.368 bits per heavy atom. The summed E-state index contributed by atoms with van der Waals surface area (Å²) in [5.41, 5.74) is 0. The second-order valence-electron chi connectivity index (χ2n) is 18.7. The third kappa shape index (κ3) is 77.3. The first-order valence-corrected chi connectivity index (χ1v) is 18.1. The van der Waals surface area contributed by atoms with Crippen molar-refractivity contribution in [3.8, 4) is 0 Å². The van der Waals surface area contributed by atoms with E-state index in [1.807, 2.05) is 0 Å². The van der Waals surface area contributed by atoms with Gasteiger partial charge in [0, 0.05) is 40.8 Å². The van der Waals surface area contributed by atoms with Gasteiger partial charge in [0.05, 0.1) is 20.6 Å². The van der Waals surface area contributed by atoms with Gasteiger partial charge >= 0.3 is 0 Å². The van der Waals surface area contributed by atoms with E-state index in [9.17, 15) is 0 Å². The van der Waals surface area contributed by atoms with Crippen molar-refractivity contribution in [3.63, 3.8) is 0 Å². The summed E-state index contributed by atoms with van der Waals surface area (Å²) >= 11 is 0.